The number of carbonyl (C=O) groups is 1. The first kappa shape index (κ1) is 35.2. The number of anilines is 2. The van der Waals surface area contributed by atoms with Crippen molar-refractivity contribution in [1.82, 2.24) is 19.9 Å². The Labute approximate surface area is 290 Å². The number of fused-ring (bicyclic) bond motifs is 5. The number of alkyl halides is 3. The number of amides is 1. The largest absolute Gasteiger partial charge is 0.472 e. The first-order valence-corrected chi connectivity index (χ1v) is 16.8. The van der Waals surface area contributed by atoms with E-state index in [1.165, 1.54) is 0 Å². The molecule has 12 nitrogen and oxygen atoms in total. The van der Waals surface area contributed by atoms with Crippen molar-refractivity contribution in [3.05, 3.63) is 28.8 Å². The third-order valence-electron chi connectivity index (χ3n) is 10.2. The van der Waals surface area contributed by atoms with Gasteiger partial charge in [0.1, 0.15) is 46.5 Å². The van der Waals surface area contributed by atoms with Gasteiger partial charge in [-0.1, -0.05) is 0 Å². The fourth-order valence-electron chi connectivity index (χ4n) is 7.78. The third-order valence-corrected chi connectivity index (χ3v) is 10.2. The lowest BCUT2D eigenvalue weighted by atomic mass is 9.90. The summed E-state index contributed by atoms with van der Waals surface area (Å²) < 4.78 is 98.8. The molecule has 2 bridgehead atoms. The van der Waals surface area contributed by atoms with Crippen LogP contribution >= 0.6 is 0 Å². The molecule has 3 fully saturated rings. The van der Waals surface area contributed by atoms with Gasteiger partial charge in [0.05, 0.1) is 48.0 Å². The zero-order valence-electron chi connectivity index (χ0n) is 28.7. The number of nitrogen functional groups attached to an aromatic ring is 1. The summed E-state index contributed by atoms with van der Waals surface area (Å²) in [6.45, 7) is 8.41. The van der Waals surface area contributed by atoms with Crippen LogP contribution in [0.4, 0.5) is 38.3 Å². The van der Waals surface area contributed by atoms with Crippen molar-refractivity contribution >= 4 is 28.5 Å². The van der Waals surface area contributed by atoms with Crippen LogP contribution in [-0.4, -0.2) is 93.9 Å². The van der Waals surface area contributed by atoms with Gasteiger partial charge in [-0.25, -0.2) is 18.6 Å². The SMILES string of the molecule is Cc1c(F)c(N)cc(-c2nc3c4c(nc(OCC5(CO)CCOC5)nc4c2F)N2C[C@H]4CC[C@@H]([C@H]2[C@H](C)O3)N4C(=O)OC(C)(C)C)c1C(F)(F)F. The summed E-state index contributed by atoms with van der Waals surface area (Å²) in [7, 11) is 0. The van der Waals surface area contributed by atoms with Crippen LogP contribution in [0, 0.1) is 24.0 Å². The second-order valence-electron chi connectivity index (χ2n) is 14.9. The Morgan fingerprint density at radius 2 is 1.90 bits per heavy atom. The van der Waals surface area contributed by atoms with E-state index in [2.05, 4.69) is 9.97 Å². The molecule has 7 rings (SSSR count). The molecule has 3 N–H and O–H groups in total. The second-order valence-corrected chi connectivity index (χ2v) is 14.9. The van der Waals surface area contributed by atoms with Crippen molar-refractivity contribution in [2.45, 2.75) is 89.9 Å². The minimum absolute atomic E-state index is 0.00972. The van der Waals surface area contributed by atoms with Crippen LogP contribution in [0.2, 0.25) is 0 Å². The Kier molecular flexibility index (Phi) is 8.39. The monoisotopic (exact) mass is 722 g/mol. The van der Waals surface area contributed by atoms with Crippen molar-refractivity contribution in [3.8, 4) is 23.1 Å². The molecule has 0 spiro atoms. The van der Waals surface area contributed by atoms with E-state index in [9.17, 15) is 27.5 Å². The molecule has 51 heavy (non-hydrogen) atoms. The number of ether oxygens (including phenoxy) is 4. The number of hydrogen-bond acceptors (Lipinski definition) is 11. The van der Waals surface area contributed by atoms with Gasteiger partial charge in [-0.05, 0) is 65.5 Å². The quantitative estimate of drug-likeness (QED) is 0.258. The number of carbonyl (C=O) groups excluding carboxylic acids is 1. The van der Waals surface area contributed by atoms with E-state index in [1.807, 2.05) is 4.90 Å². The van der Waals surface area contributed by atoms with Gasteiger partial charge in [0.25, 0.3) is 0 Å². The number of aliphatic hydroxyl groups is 1. The summed E-state index contributed by atoms with van der Waals surface area (Å²) in [5.74, 6) is -2.64. The molecule has 17 heteroatoms. The maximum Gasteiger partial charge on any atom is 0.417 e. The average molecular weight is 723 g/mol. The summed E-state index contributed by atoms with van der Waals surface area (Å²) in [6, 6.07) is -0.939. The Morgan fingerprint density at radius 3 is 2.55 bits per heavy atom. The van der Waals surface area contributed by atoms with E-state index in [1.54, 1.807) is 32.6 Å². The van der Waals surface area contributed by atoms with Crippen LogP contribution in [0.25, 0.3) is 22.2 Å². The van der Waals surface area contributed by atoms with Gasteiger partial charge in [-0.2, -0.15) is 23.1 Å². The van der Waals surface area contributed by atoms with Crippen molar-refractivity contribution in [2.24, 2.45) is 5.41 Å². The molecular formula is C34H39F5N6O6. The maximum absolute atomic E-state index is 16.9. The number of aromatic nitrogens is 3. The fraction of sp³-hybridized carbons (Fsp3) is 0.588. The summed E-state index contributed by atoms with van der Waals surface area (Å²) in [4.78, 5) is 30.4. The predicted octanol–water partition coefficient (Wildman–Crippen LogP) is 5.39. The lowest BCUT2D eigenvalue weighted by Crippen LogP contribution is -2.65. The standard InChI is InChI=1S/C34H39F5N6O6/c1-15-22(34(37,38)39)18(10-19(40)23(15)35)25-24(36)26-21-28(43-30(42-26)49-14-33(12-46)8-9-48-13-33)44-11-17-6-7-20(27(44)16(2)50-29(21)41-25)45(17)31(47)51-32(3,4)5/h10,16-17,20,27,46H,6-9,11-14,40H2,1-5H3/t16-,17+,20-,27+,33?/m0/s1. The highest BCUT2D eigenvalue weighted by Crippen LogP contribution is 2.49. The van der Waals surface area contributed by atoms with Gasteiger partial charge in [-0.3, -0.25) is 4.90 Å². The minimum Gasteiger partial charge on any atom is -0.472 e. The molecule has 1 aromatic carbocycles. The number of halogens is 5. The van der Waals surface area contributed by atoms with Crippen LogP contribution in [-0.2, 0) is 15.7 Å². The van der Waals surface area contributed by atoms with Gasteiger partial charge < -0.3 is 34.7 Å². The lowest BCUT2D eigenvalue weighted by molar-refractivity contribution is -0.137. The minimum atomic E-state index is -5.11. The van der Waals surface area contributed by atoms with Gasteiger partial charge in [-0.15, -0.1) is 0 Å². The van der Waals surface area contributed by atoms with E-state index >= 15 is 4.39 Å². The van der Waals surface area contributed by atoms with Gasteiger partial charge in [0.15, 0.2) is 5.82 Å². The van der Waals surface area contributed by atoms with Crippen molar-refractivity contribution in [1.29, 1.82) is 0 Å². The van der Waals surface area contributed by atoms with Crippen LogP contribution in [0.3, 0.4) is 0 Å². The maximum atomic E-state index is 16.9. The number of nitrogens with two attached hydrogens (primary N) is 1. The first-order chi connectivity index (χ1) is 23.9. The Balaban J connectivity index is 1.42. The highest BCUT2D eigenvalue weighted by atomic mass is 19.4. The number of aliphatic hydroxyl groups excluding tert-OH is 1. The zero-order chi connectivity index (χ0) is 36.8. The molecule has 4 aliphatic heterocycles. The van der Waals surface area contributed by atoms with Gasteiger partial charge >= 0.3 is 18.3 Å². The molecule has 1 amide bonds. The number of nitrogens with zero attached hydrogens (tertiary/aromatic N) is 5. The molecule has 3 aromatic rings. The van der Waals surface area contributed by atoms with Crippen molar-refractivity contribution in [2.75, 3.05) is 43.6 Å². The Bertz CT molecular complexity index is 1900. The van der Waals surface area contributed by atoms with E-state index < -0.39 is 86.7 Å². The Hall–Kier alpha value is -4.25. The van der Waals surface area contributed by atoms with Crippen LogP contribution < -0.4 is 20.1 Å². The van der Waals surface area contributed by atoms with Gasteiger partial charge in [0.2, 0.25) is 5.88 Å². The predicted molar refractivity (Wildman–Crippen MR) is 173 cm³/mol. The number of piperazine rings is 1. The highest BCUT2D eigenvalue weighted by Gasteiger charge is 2.54. The zero-order valence-corrected chi connectivity index (χ0v) is 28.7. The fourth-order valence-corrected chi connectivity index (χ4v) is 7.78. The Morgan fingerprint density at radius 1 is 1.16 bits per heavy atom. The molecule has 2 aromatic heterocycles. The highest BCUT2D eigenvalue weighted by molar-refractivity contribution is 5.98. The molecule has 0 saturated carbocycles. The molecule has 5 atom stereocenters. The molecule has 276 valence electrons. The van der Waals surface area contributed by atoms with Crippen molar-refractivity contribution in [3.63, 3.8) is 0 Å². The summed E-state index contributed by atoms with van der Waals surface area (Å²) >= 11 is 0. The number of rotatable bonds is 5. The summed E-state index contributed by atoms with van der Waals surface area (Å²) in [5, 5.41) is 10.1. The molecule has 4 aliphatic rings. The molecule has 1 unspecified atom stereocenters. The second kappa shape index (κ2) is 12.2. The molecule has 3 saturated heterocycles. The van der Waals surface area contributed by atoms with Crippen LogP contribution in [0.5, 0.6) is 11.9 Å². The topological polar surface area (TPSA) is 145 Å². The van der Waals surface area contributed by atoms with Crippen LogP contribution in [0.1, 0.15) is 58.1 Å². The van der Waals surface area contributed by atoms with E-state index in [0.717, 1.165) is 6.92 Å². The third kappa shape index (κ3) is 5.91. The van der Waals surface area contributed by atoms with Gasteiger partial charge in [0, 0.05) is 18.7 Å². The smallest absolute Gasteiger partial charge is 0.417 e. The average Bonchev–Trinajstić information content (AvgIpc) is 3.62. The van der Waals surface area contributed by atoms with E-state index in [-0.39, 0.29) is 55.5 Å². The first-order valence-electron chi connectivity index (χ1n) is 16.8. The molecule has 0 aliphatic carbocycles. The number of benzene rings is 1. The number of pyridine rings is 1. The molecule has 0 radical (unpaired) electrons. The summed E-state index contributed by atoms with van der Waals surface area (Å²) in [6.07, 6.45) is -4.67. The van der Waals surface area contributed by atoms with E-state index in [0.29, 0.717) is 31.9 Å². The normalized spacial score (nSPS) is 25.9. The van der Waals surface area contributed by atoms with Crippen LogP contribution in [0.15, 0.2) is 6.07 Å². The lowest BCUT2D eigenvalue weighted by Gasteiger charge is -2.48. The molecule has 6 heterocycles. The number of hydrogen-bond donors (Lipinski definition) is 2. The summed E-state index contributed by atoms with van der Waals surface area (Å²) in [5.41, 5.74) is -0.717. The molecular weight excluding hydrogens is 683 g/mol. The van der Waals surface area contributed by atoms with E-state index in [4.69, 9.17) is 29.7 Å². The van der Waals surface area contributed by atoms with Crippen molar-refractivity contribution < 1.29 is 50.8 Å².